The van der Waals surface area contributed by atoms with Crippen LogP contribution in [0.2, 0.25) is 0 Å². The second kappa shape index (κ2) is 7.40. The third-order valence-corrected chi connectivity index (χ3v) is 5.59. The van der Waals surface area contributed by atoms with Gasteiger partial charge in [0.1, 0.15) is 5.65 Å². The smallest absolute Gasteiger partial charge is 0.233 e. The molecule has 0 bridgehead atoms. The minimum atomic E-state index is -3.75. The van der Waals surface area contributed by atoms with Gasteiger partial charge in [-0.1, -0.05) is 19.9 Å². The molecule has 0 aliphatic rings. The van der Waals surface area contributed by atoms with Gasteiger partial charge in [0.05, 0.1) is 23.6 Å². The summed E-state index contributed by atoms with van der Waals surface area (Å²) >= 11 is 0. The number of hydrogen-bond donors (Lipinski definition) is 2. The van der Waals surface area contributed by atoms with Crippen molar-refractivity contribution < 1.29 is 17.6 Å². The number of fused-ring (bicyclic) bond motifs is 1. The maximum Gasteiger partial charge on any atom is 0.233 e. The van der Waals surface area contributed by atoms with Gasteiger partial charge in [-0.2, -0.15) is 0 Å². The molecular weight excluding hydrogens is 383 g/mol. The van der Waals surface area contributed by atoms with Gasteiger partial charge in [-0.15, -0.1) is 0 Å². The third kappa shape index (κ3) is 3.87. The van der Waals surface area contributed by atoms with E-state index in [-0.39, 0.29) is 34.2 Å². The van der Waals surface area contributed by atoms with Crippen molar-refractivity contribution >= 4 is 38.2 Å². The standard InChI is InChI=1S/C19H17FN4O3S/c1-11(2)10-28(26,27)24-16-6-4-5-13(17(16)20)18(25)15-9-23-19-14(15)7-12(21-3)8-22-19/h4-9,11,24H,10H2,1-2H3,(H,22,23). The predicted molar refractivity (Wildman–Crippen MR) is 104 cm³/mol. The monoisotopic (exact) mass is 400 g/mol. The van der Waals surface area contributed by atoms with E-state index in [4.69, 9.17) is 6.57 Å². The highest BCUT2D eigenvalue weighted by Crippen LogP contribution is 2.27. The number of halogens is 1. The van der Waals surface area contributed by atoms with E-state index < -0.39 is 21.6 Å². The minimum Gasteiger partial charge on any atom is -0.345 e. The number of carbonyl (C=O) groups is 1. The number of sulfonamides is 1. The third-order valence-electron chi connectivity index (χ3n) is 3.95. The summed E-state index contributed by atoms with van der Waals surface area (Å²) in [4.78, 5) is 23.0. The lowest BCUT2D eigenvalue weighted by Gasteiger charge is -2.12. The van der Waals surface area contributed by atoms with E-state index in [1.54, 1.807) is 13.8 Å². The molecule has 0 aliphatic carbocycles. The molecule has 0 aliphatic heterocycles. The SMILES string of the molecule is [C-]#[N+]c1cnc2[nH]cc(C(=O)c3cccc(NS(=O)(=O)CC(C)C)c3F)c2c1. The Morgan fingerprint density at radius 2 is 2.11 bits per heavy atom. The first-order chi connectivity index (χ1) is 13.2. The molecule has 3 rings (SSSR count). The molecule has 0 spiro atoms. The van der Waals surface area contributed by atoms with Gasteiger partial charge < -0.3 is 4.98 Å². The summed E-state index contributed by atoms with van der Waals surface area (Å²) in [6.45, 7) is 10.5. The molecule has 0 saturated heterocycles. The normalized spacial score (nSPS) is 11.5. The maximum absolute atomic E-state index is 14.9. The summed E-state index contributed by atoms with van der Waals surface area (Å²) in [5.41, 5.74) is 0.223. The molecule has 0 radical (unpaired) electrons. The Balaban J connectivity index is 2.01. The highest BCUT2D eigenvalue weighted by atomic mass is 32.2. The van der Waals surface area contributed by atoms with E-state index in [0.29, 0.717) is 11.0 Å². The number of nitrogens with one attached hydrogen (secondary N) is 2. The fraction of sp³-hybridized carbons (Fsp3) is 0.211. The molecule has 2 aromatic heterocycles. The zero-order valence-electron chi connectivity index (χ0n) is 15.2. The van der Waals surface area contributed by atoms with E-state index in [1.165, 1.54) is 36.7 Å². The zero-order chi connectivity index (χ0) is 20.5. The molecular formula is C19H17FN4O3S. The summed E-state index contributed by atoms with van der Waals surface area (Å²) in [5.74, 6) is -1.90. The number of aromatic nitrogens is 2. The topological polar surface area (TPSA) is 96.3 Å². The molecule has 0 atom stereocenters. The van der Waals surface area contributed by atoms with Gasteiger partial charge in [-0.25, -0.2) is 17.7 Å². The molecule has 2 heterocycles. The van der Waals surface area contributed by atoms with Crippen LogP contribution >= 0.6 is 0 Å². The Hall–Kier alpha value is -3.25. The molecule has 3 aromatic rings. The average Bonchev–Trinajstić information content (AvgIpc) is 3.04. The van der Waals surface area contributed by atoms with Crippen molar-refractivity contribution in [3.63, 3.8) is 0 Å². The fourth-order valence-corrected chi connectivity index (χ4v) is 4.27. The Morgan fingerprint density at radius 3 is 2.79 bits per heavy atom. The maximum atomic E-state index is 14.9. The van der Waals surface area contributed by atoms with Crippen molar-refractivity contribution in [2.45, 2.75) is 13.8 Å². The molecule has 7 nitrogen and oxygen atoms in total. The first-order valence-corrected chi connectivity index (χ1v) is 10.1. The van der Waals surface area contributed by atoms with E-state index in [9.17, 15) is 17.6 Å². The van der Waals surface area contributed by atoms with Crippen LogP contribution in [0.4, 0.5) is 15.8 Å². The van der Waals surface area contributed by atoms with Crippen LogP contribution in [0, 0.1) is 18.3 Å². The average molecular weight is 400 g/mol. The lowest BCUT2D eigenvalue weighted by molar-refractivity contribution is 0.103. The van der Waals surface area contributed by atoms with Crippen LogP contribution in [-0.4, -0.2) is 29.9 Å². The van der Waals surface area contributed by atoms with Crippen molar-refractivity contribution in [2.75, 3.05) is 10.5 Å². The molecule has 28 heavy (non-hydrogen) atoms. The molecule has 2 N–H and O–H groups in total. The van der Waals surface area contributed by atoms with Gasteiger partial charge in [0.15, 0.2) is 11.6 Å². The van der Waals surface area contributed by atoms with Gasteiger partial charge in [0.25, 0.3) is 0 Å². The van der Waals surface area contributed by atoms with Crippen LogP contribution in [0.1, 0.15) is 29.8 Å². The number of aromatic amines is 1. The Bertz CT molecular complexity index is 1210. The fourth-order valence-electron chi connectivity index (χ4n) is 2.82. The number of hydrogen-bond acceptors (Lipinski definition) is 4. The van der Waals surface area contributed by atoms with E-state index in [0.717, 1.165) is 0 Å². The Morgan fingerprint density at radius 1 is 1.36 bits per heavy atom. The van der Waals surface area contributed by atoms with Gasteiger partial charge in [0.2, 0.25) is 15.7 Å². The minimum absolute atomic E-state index is 0.138. The highest BCUT2D eigenvalue weighted by molar-refractivity contribution is 7.92. The van der Waals surface area contributed by atoms with Crippen molar-refractivity contribution in [1.29, 1.82) is 0 Å². The van der Waals surface area contributed by atoms with Crippen LogP contribution in [0.25, 0.3) is 15.9 Å². The number of carbonyl (C=O) groups excluding carboxylic acids is 1. The second-order valence-corrected chi connectivity index (χ2v) is 8.44. The lowest BCUT2D eigenvalue weighted by Crippen LogP contribution is -2.21. The van der Waals surface area contributed by atoms with Crippen molar-refractivity contribution in [1.82, 2.24) is 9.97 Å². The van der Waals surface area contributed by atoms with E-state index in [2.05, 4.69) is 19.5 Å². The number of rotatable bonds is 6. The summed E-state index contributed by atoms with van der Waals surface area (Å²) in [6, 6.07) is 5.44. The molecule has 0 saturated carbocycles. The number of benzene rings is 1. The van der Waals surface area contributed by atoms with Gasteiger partial charge >= 0.3 is 0 Å². The molecule has 0 unspecified atom stereocenters. The number of anilines is 1. The first-order valence-electron chi connectivity index (χ1n) is 8.40. The molecule has 144 valence electrons. The molecule has 0 amide bonds. The number of nitrogens with zero attached hydrogens (tertiary/aromatic N) is 2. The second-order valence-electron chi connectivity index (χ2n) is 6.68. The Labute approximate surface area is 161 Å². The number of H-pyrrole nitrogens is 1. The van der Waals surface area contributed by atoms with Crippen LogP contribution in [0.5, 0.6) is 0 Å². The number of ketones is 1. The first kappa shape index (κ1) is 19.5. The molecule has 9 heteroatoms. The van der Waals surface area contributed by atoms with Crippen LogP contribution in [0.3, 0.4) is 0 Å². The van der Waals surface area contributed by atoms with Gasteiger partial charge in [-0.3, -0.25) is 14.5 Å². The highest BCUT2D eigenvalue weighted by Gasteiger charge is 2.22. The van der Waals surface area contributed by atoms with Gasteiger partial charge in [0, 0.05) is 23.3 Å². The molecule has 0 fully saturated rings. The van der Waals surface area contributed by atoms with Gasteiger partial charge in [-0.05, 0) is 24.1 Å². The lowest BCUT2D eigenvalue weighted by atomic mass is 10.0. The molecule has 1 aromatic carbocycles. The van der Waals surface area contributed by atoms with Crippen molar-refractivity contribution in [3.05, 3.63) is 65.0 Å². The van der Waals surface area contributed by atoms with Crippen molar-refractivity contribution in [3.8, 4) is 0 Å². The summed E-state index contributed by atoms with van der Waals surface area (Å²) in [6.07, 6.45) is 2.76. The van der Waals surface area contributed by atoms with Crippen LogP contribution in [0.15, 0.2) is 36.7 Å². The van der Waals surface area contributed by atoms with Crippen molar-refractivity contribution in [2.24, 2.45) is 5.92 Å². The summed E-state index contributed by atoms with van der Waals surface area (Å²) in [5, 5.41) is 0.392. The summed E-state index contributed by atoms with van der Waals surface area (Å²) in [7, 11) is -3.75. The van der Waals surface area contributed by atoms with E-state index >= 15 is 0 Å². The van der Waals surface area contributed by atoms with Crippen LogP contribution < -0.4 is 4.72 Å². The largest absolute Gasteiger partial charge is 0.345 e. The summed E-state index contributed by atoms with van der Waals surface area (Å²) < 4.78 is 41.3. The Kier molecular flexibility index (Phi) is 5.16. The zero-order valence-corrected chi connectivity index (χ0v) is 16.0. The number of pyridine rings is 1. The van der Waals surface area contributed by atoms with E-state index in [1.807, 2.05) is 0 Å². The van der Waals surface area contributed by atoms with Crippen LogP contribution in [-0.2, 0) is 10.0 Å². The predicted octanol–water partition coefficient (Wildman–Crippen LogP) is 3.88. The quantitative estimate of drug-likeness (QED) is 0.485.